The Morgan fingerprint density at radius 2 is 2.16 bits per heavy atom. The highest BCUT2D eigenvalue weighted by Crippen LogP contribution is 2.31. The first kappa shape index (κ1) is 14.7. The van der Waals surface area contributed by atoms with Crippen LogP contribution in [0.2, 0.25) is 0 Å². The van der Waals surface area contributed by atoms with Crippen LogP contribution in [0.3, 0.4) is 0 Å². The molecule has 0 fully saturated rings. The minimum atomic E-state index is -0.549. The van der Waals surface area contributed by atoms with Crippen LogP contribution >= 0.6 is 0 Å². The van der Waals surface area contributed by atoms with Crippen LogP contribution in [0, 0.1) is 10.1 Å². The van der Waals surface area contributed by atoms with Crippen molar-refractivity contribution >= 4 is 17.3 Å². The zero-order chi connectivity index (χ0) is 14.6. The number of nitro benzene ring substituents is 1. The van der Waals surface area contributed by atoms with Crippen LogP contribution in [0.4, 0.5) is 11.4 Å². The summed E-state index contributed by atoms with van der Waals surface area (Å²) >= 11 is 0. The number of nitrogens with two attached hydrogens (primary N) is 1. The number of nitrogens with one attached hydrogen (secondary N) is 1. The molecule has 0 aliphatic rings. The van der Waals surface area contributed by atoms with Gasteiger partial charge in [0.2, 0.25) is 5.91 Å². The number of nitrogens with zero attached hydrogens (tertiary/aromatic N) is 1. The third kappa shape index (κ3) is 4.13. The standard InChI is InChI=1S/C12H17N3O4/c1-12(2,7-11(13)16)14-8-4-5-9(15(17)18)10(6-8)19-3/h4-6,14H,7H2,1-3H3,(H2,13,16). The molecule has 3 N–H and O–H groups in total. The first-order chi connectivity index (χ1) is 8.75. The third-order valence-electron chi connectivity index (χ3n) is 2.48. The van der Waals surface area contributed by atoms with Crippen LogP contribution in [0.25, 0.3) is 0 Å². The molecule has 0 bridgehead atoms. The van der Waals surface area contributed by atoms with Crippen LogP contribution in [-0.4, -0.2) is 23.5 Å². The summed E-state index contributed by atoms with van der Waals surface area (Å²) in [7, 11) is 1.36. The highest BCUT2D eigenvalue weighted by atomic mass is 16.6. The molecule has 0 unspecified atom stereocenters. The average Bonchev–Trinajstić information content (AvgIpc) is 2.25. The maximum Gasteiger partial charge on any atom is 0.311 e. The van der Waals surface area contributed by atoms with Gasteiger partial charge in [-0.2, -0.15) is 0 Å². The van der Waals surface area contributed by atoms with Crippen LogP contribution in [0.15, 0.2) is 18.2 Å². The van der Waals surface area contributed by atoms with Crippen molar-refractivity contribution in [2.24, 2.45) is 5.73 Å². The predicted molar refractivity (Wildman–Crippen MR) is 71.2 cm³/mol. The third-order valence-corrected chi connectivity index (χ3v) is 2.48. The second-order valence-corrected chi connectivity index (χ2v) is 4.80. The fourth-order valence-corrected chi connectivity index (χ4v) is 1.78. The van der Waals surface area contributed by atoms with Crippen LogP contribution < -0.4 is 15.8 Å². The highest BCUT2D eigenvalue weighted by molar-refractivity contribution is 5.75. The molecule has 1 aromatic carbocycles. The Morgan fingerprint density at radius 3 is 2.63 bits per heavy atom. The molecule has 0 atom stereocenters. The minimum Gasteiger partial charge on any atom is -0.490 e. The van der Waals surface area contributed by atoms with Crippen molar-refractivity contribution in [2.75, 3.05) is 12.4 Å². The lowest BCUT2D eigenvalue weighted by molar-refractivity contribution is -0.385. The molecule has 1 rings (SSSR count). The molecule has 7 nitrogen and oxygen atoms in total. The van der Waals surface area contributed by atoms with E-state index in [0.29, 0.717) is 5.69 Å². The Bertz CT molecular complexity index is 500. The summed E-state index contributed by atoms with van der Waals surface area (Å²) in [6.07, 6.45) is 0.145. The van der Waals surface area contributed by atoms with Gasteiger partial charge in [0.25, 0.3) is 0 Å². The van der Waals surface area contributed by atoms with Gasteiger partial charge in [-0.25, -0.2) is 0 Å². The van der Waals surface area contributed by atoms with E-state index in [1.807, 2.05) is 13.8 Å². The van der Waals surface area contributed by atoms with Gasteiger partial charge in [-0.05, 0) is 19.9 Å². The first-order valence-electron chi connectivity index (χ1n) is 5.64. The number of benzene rings is 1. The number of hydrogen-bond acceptors (Lipinski definition) is 5. The topological polar surface area (TPSA) is 107 Å². The van der Waals surface area contributed by atoms with E-state index in [4.69, 9.17) is 10.5 Å². The van der Waals surface area contributed by atoms with Crippen molar-refractivity contribution < 1.29 is 14.5 Å². The highest BCUT2D eigenvalue weighted by Gasteiger charge is 2.22. The monoisotopic (exact) mass is 267 g/mol. The summed E-state index contributed by atoms with van der Waals surface area (Å²) < 4.78 is 4.97. The number of ether oxygens (including phenoxy) is 1. The van der Waals surface area contributed by atoms with Gasteiger partial charge >= 0.3 is 5.69 Å². The van der Waals surface area contributed by atoms with Gasteiger partial charge in [-0.3, -0.25) is 14.9 Å². The SMILES string of the molecule is COc1cc(NC(C)(C)CC(N)=O)ccc1[N+](=O)[O-]. The van der Waals surface area contributed by atoms with Gasteiger partial charge in [0.1, 0.15) is 0 Å². The van der Waals surface area contributed by atoms with Crippen molar-refractivity contribution in [3.8, 4) is 5.75 Å². The molecule has 0 spiro atoms. The zero-order valence-electron chi connectivity index (χ0n) is 11.1. The van der Waals surface area contributed by atoms with Crippen LogP contribution in [-0.2, 0) is 4.79 Å². The summed E-state index contributed by atoms with van der Waals surface area (Å²) in [5, 5.41) is 13.9. The number of carbonyl (C=O) groups excluding carboxylic acids is 1. The summed E-state index contributed by atoms with van der Waals surface area (Å²) in [5.74, 6) is -0.267. The maximum absolute atomic E-state index is 10.9. The number of anilines is 1. The lowest BCUT2D eigenvalue weighted by atomic mass is 10.00. The largest absolute Gasteiger partial charge is 0.490 e. The van der Waals surface area contributed by atoms with Crippen molar-refractivity contribution in [1.82, 2.24) is 0 Å². The number of methoxy groups -OCH3 is 1. The van der Waals surface area contributed by atoms with Gasteiger partial charge in [0.05, 0.1) is 12.0 Å². The molecule has 7 heteroatoms. The van der Waals surface area contributed by atoms with E-state index in [2.05, 4.69) is 5.32 Å². The van der Waals surface area contributed by atoms with Gasteiger partial charge in [0.15, 0.2) is 5.75 Å². The van der Waals surface area contributed by atoms with E-state index in [1.165, 1.54) is 19.2 Å². The van der Waals surface area contributed by atoms with Gasteiger partial charge in [-0.1, -0.05) is 0 Å². The Hall–Kier alpha value is -2.31. The van der Waals surface area contributed by atoms with E-state index in [0.717, 1.165) is 0 Å². The van der Waals surface area contributed by atoms with Crippen molar-refractivity contribution in [3.63, 3.8) is 0 Å². The fourth-order valence-electron chi connectivity index (χ4n) is 1.78. The summed E-state index contributed by atoms with van der Waals surface area (Å²) in [6, 6.07) is 4.42. The molecular weight excluding hydrogens is 250 g/mol. The normalized spacial score (nSPS) is 10.9. The molecular formula is C12H17N3O4. The molecule has 0 radical (unpaired) electrons. The van der Waals surface area contributed by atoms with E-state index >= 15 is 0 Å². The average molecular weight is 267 g/mol. The molecule has 1 aromatic rings. The van der Waals surface area contributed by atoms with Crippen molar-refractivity contribution in [2.45, 2.75) is 25.8 Å². The Kier molecular flexibility index (Phi) is 4.31. The molecule has 0 saturated heterocycles. The molecule has 0 saturated carbocycles. The number of primary amides is 1. The molecule has 0 aliphatic heterocycles. The second-order valence-electron chi connectivity index (χ2n) is 4.80. The molecule has 0 aromatic heterocycles. The lowest BCUT2D eigenvalue weighted by Crippen LogP contribution is -2.35. The summed E-state index contributed by atoms with van der Waals surface area (Å²) in [4.78, 5) is 21.2. The number of carbonyl (C=O) groups is 1. The summed E-state index contributed by atoms with van der Waals surface area (Å²) in [5.41, 5.74) is 5.12. The maximum atomic E-state index is 10.9. The van der Waals surface area contributed by atoms with E-state index in [1.54, 1.807) is 6.07 Å². The van der Waals surface area contributed by atoms with E-state index < -0.39 is 16.4 Å². The summed E-state index contributed by atoms with van der Waals surface area (Å²) in [6.45, 7) is 3.62. The van der Waals surface area contributed by atoms with Gasteiger partial charge in [0, 0.05) is 29.8 Å². The molecule has 1 amide bonds. The number of rotatable bonds is 6. The zero-order valence-corrected chi connectivity index (χ0v) is 11.1. The van der Waals surface area contributed by atoms with Crippen molar-refractivity contribution in [3.05, 3.63) is 28.3 Å². The van der Waals surface area contributed by atoms with Gasteiger partial charge in [-0.15, -0.1) is 0 Å². The Labute approximate surface area is 110 Å². The predicted octanol–water partition coefficient (Wildman–Crippen LogP) is 1.67. The van der Waals surface area contributed by atoms with Crippen LogP contribution in [0.5, 0.6) is 5.75 Å². The first-order valence-corrected chi connectivity index (χ1v) is 5.64. The smallest absolute Gasteiger partial charge is 0.311 e. The Balaban J connectivity index is 2.97. The van der Waals surface area contributed by atoms with Crippen LogP contribution in [0.1, 0.15) is 20.3 Å². The fraction of sp³-hybridized carbons (Fsp3) is 0.417. The van der Waals surface area contributed by atoms with E-state index in [9.17, 15) is 14.9 Å². The van der Waals surface area contributed by atoms with Gasteiger partial charge < -0.3 is 15.8 Å². The molecule has 19 heavy (non-hydrogen) atoms. The lowest BCUT2D eigenvalue weighted by Gasteiger charge is -2.26. The van der Waals surface area contributed by atoms with Crippen molar-refractivity contribution in [1.29, 1.82) is 0 Å². The molecule has 0 aliphatic carbocycles. The quantitative estimate of drug-likeness (QED) is 0.602. The minimum absolute atomic E-state index is 0.110. The van der Waals surface area contributed by atoms with E-state index in [-0.39, 0.29) is 17.9 Å². The number of nitro groups is 1. The molecule has 104 valence electrons. The molecule has 0 heterocycles. The number of amides is 1. The second kappa shape index (κ2) is 5.55. The number of hydrogen-bond donors (Lipinski definition) is 2. The Morgan fingerprint density at radius 1 is 1.53 bits per heavy atom.